The van der Waals surface area contributed by atoms with Gasteiger partial charge in [0.1, 0.15) is 5.82 Å². The average Bonchev–Trinajstić information content (AvgIpc) is 2.42. The van der Waals surface area contributed by atoms with E-state index in [1.54, 1.807) is 0 Å². The first-order chi connectivity index (χ1) is 9.79. The Kier molecular flexibility index (Phi) is 4.32. The fourth-order valence-electron chi connectivity index (χ4n) is 1.83. The maximum absolute atomic E-state index is 13.6. The summed E-state index contributed by atoms with van der Waals surface area (Å²) in [4.78, 5) is 12.0. The molecule has 110 valence electrons. The van der Waals surface area contributed by atoms with Crippen molar-refractivity contribution in [1.82, 2.24) is 0 Å². The van der Waals surface area contributed by atoms with Gasteiger partial charge in [-0.15, -0.1) is 0 Å². The highest BCUT2D eigenvalue weighted by molar-refractivity contribution is 6.31. The molecule has 2 aromatic rings. The SMILES string of the molecule is O=C(Cc1c(F)cccc1Cl)c1cccc(C(F)(F)F)c1. The number of alkyl halides is 3. The van der Waals surface area contributed by atoms with Crippen molar-refractivity contribution >= 4 is 17.4 Å². The van der Waals surface area contributed by atoms with E-state index < -0.39 is 29.8 Å². The highest BCUT2D eigenvalue weighted by atomic mass is 35.5. The lowest BCUT2D eigenvalue weighted by Gasteiger charge is -2.09. The number of halogens is 5. The third kappa shape index (κ3) is 3.61. The maximum Gasteiger partial charge on any atom is 0.416 e. The minimum Gasteiger partial charge on any atom is -0.294 e. The van der Waals surface area contributed by atoms with E-state index in [0.717, 1.165) is 24.3 Å². The van der Waals surface area contributed by atoms with Crippen LogP contribution in [0.1, 0.15) is 21.5 Å². The molecule has 0 aliphatic carbocycles. The average molecular weight is 317 g/mol. The molecule has 21 heavy (non-hydrogen) atoms. The summed E-state index contributed by atoms with van der Waals surface area (Å²) in [5, 5.41) is 0.0651. The van der Waals surface area contributed by atoms with Gasteiger partial charge in [-0.25, -0.2) is 4.39 Å². The normalized spacial score (nSPS) is 11.5. The molecule has 0 aliphatic heterocycles. The largest absolute Gasteiger partial charge is 0.416 e. The van der Waals surface area contributed by atoms with E-state index >= 15 is 0 Å². The lowest BCUT2D eigenvalue weighted by atomic mass is 10.0. The smallest absolute Gasteiger partial charge is 0.294 e. The second kappa shape index (κ2) is 5.85. The van der Waals surface area contributed by atoms with Crippen molar-refractivity contribution in [3.63, 3.8) is 0 Å². The molecule has 0 fully saturated rings. The molecule has 0 aromatic heterocycles. The van der Waals surface area contributed by atoms with Crippen LogP contribution >= 0.6 is 11.6 Å². The summed E-state index contributed by atoms with van der Waals surface area (Å²) in [6.45, 7) is 0. The van der Waals surface area contributed by atoms with Crippen molar-refractivity contribution < 1.29 is 22.4 Å². The summed E-state index contributed by atoms with van der Waals surface area (Å²) in [7, 11) is 0. The van der Waals surface area contributed by atoms with Gasteiger partial charge >= 0.3 is 6.18 Å². The number of carbonyl (C=O) groups excluding carboxylic acids is 1. The van der Waals surface area contributed by atoms with Crippen LogP contribution in [0.4, 0.5) is 17.6 Å². The molecule has 0 saturated heterocycles. The second-order valence-corrected chi connectivity index (χ2v) is 4.79. The van der Waals surface area contributed by atoms with E-state index in [1.807, 2.05) is 0 Å². The monoisotopic (exact) mass is 316 g/mol. The van der Waals surface area contributed by atoms with Gasteiger partial charge in [-0.05, 0) is 24.3 Å². The van der Waals surface area contributed by atoms with E-state index in [-0.39, 0.29) is 16.1 Å². The maximum atomic E-state index is 13.6. The van der Waals surface area contributed by atoms with E-state index in [9.17, 15) is 22.4 Å². The first-order valence-corrected chi connectivity index (χ1v) is 6.30. The second-order valence-electron chi connectivity index (χ2n) is 4.38. The van der Waals surface area contributed by atoms with Gasteiger partial charge in [0.15, 0.2) is 5.78 Å². The molecule has 1 nitrogen and oxygen atoms in total. The number of carbonyl (C=O) groups is 1. The molecule has 0 aliphatic rings. The Balaban J connectivity index is 2.29. The summed E-state index contributed by atoms with van der Waals surface area (Å²) in [6, 6.07) is 7.95. The van der Waals surface area contributed by atoms with Crippen LogP contribution in [0.3, 0.4) is 0 Å². The molecule has 6 heteroatoms. The van der Waals surface area contributed by atoms with E-state index in [4.69, 9.17) is 11.6 Å². The van der Waals surface area contributed by atoms with Crippen LogP contribution in [0, 0.1) is 5.82 Å². The number of rotatable bonds is 3. The molecule has 0 saturated carbocycles. The van der Waals surface area contributed by atoms with Crippen molar-refractivity contribution in [3.8, 4) is 0 Å². The summed E-state index contributed by atoms with van der Waals surface area (Å²) < 4.78 is 51.4. The predicted molar refractivity (Wildman–Crippen MR) is 70.9 cm³/mol. The Morgan fingerprint density at radius 1 is 1.10 bits per heavy atom. The van der Waals surface area contributed by atoms with Crippen LogP contribution in [0.5, 0.6) is 0 Å². The molecule has 0 spiro atoms. The van der Waals surface area contributed by atoms with Crippen LogP contribution in [0.25, 0.3) is 0 Å². The lowest BCUT2D eigenvalue weighted by molar-refractivity contribution is -0.137. The molecule has 0 amide bonds. The Labute approximate surface area is 123 Å². The fourth-order valence-corrected chi connectivity index (χ4v) is 2.06. The van der Waals surface area contributed by atoms with Gasteiger partial charge in [0.05, 0.1) is 5.56 Å². The van der Waals surface area contributed by atoms with Gasteiger partial charge in [-0.3, -0.25) is 4.79 Å². The number of hydrogen-bond donors (Lipinski definition) is 0. The Morgan fingerprint density at radius 3 is 2.38 bits per heavy atom. The Morgan fingerprint density at radius 2 is 1.76 bits per heavy atom. The highest BCUT2D eigenvalue weighted by Gasteiger charge is 2.30. The van der Waals surface area contributed by atoms with E-state index in [0.29, 0.717) is 0 Å². The quantitative estimate of drug-likeness (QED) is 0.580. The van der Waals surface area contributed by atoms with Gasteiger partial charge in [-0.2, -0.15) is 13.2 Å². The summed E-state index contributed by atoms with van der Waals surface area (Å²) in [5.74, 6) is -1.30. The van der Waals surface area contributed by atoms with Crippen LogP contribution in [-0.2, 0) is 12.6 Å². The Bertz CT molecular complexity index is 659. The number of ketones is 1. The van der Waals surface area contributed by atoms with Crippen LogP contribution in [-0.4, -0.2) is 5.78 Å². The zero-order valence-corrected chi connectivity index (χ0v) is 11.3. The van der Waals surface area contributed by atoms with Gasteiger partial charge in [0, 0.05) is 22.6 Å². The van der Waals surface area contributed by atoms with Gasteiger partial charge in [0.25, 0.3) is 0 Å². The number of Topliss-reactive ketones (excluding diaryl/α,β-unsaturated/α-hetero) is 1. The molecule has 0 atom stereocenters. The summed E-state index contributed by atoms with van der Waals surface area (Å²) in [6.07, 6.45) is -4.93. The third-order valence-electron chi connectivity index (χ3n) is 2.91. The number of benzene rings is 2. The highest BCUT2D eigenvalue weighted by Crippen LogP contribution is 2.30. The molecule has 2 rings (SSSR count). The summed E-state index contributed by atoms with van der Waals surface area (Å²) in [5.41, 5.74) is -1.08. The van der Waals surface area contributed by atoms with E-state index in [1.165, 1.54) is 18.2 Å². The first kappa shape index (κ1) is 15.5. The van der Waals surface area contributed by atoms with Crippen molar-refractivity contribution in [3.05, 3.63) is 70.0 Å². The topological polar surface area (TPSA) is 17.1 Å². The van der Waals surface area contributed by atoms with Crippen LogP contribution in [0.15, 0.2) is 42.5 Å². The molecule has 0 N–H and O–H groups in total. The van der Waals surface area contributed by atoms with Crippen LogP contribution < -0.4 is 0 Å². The van der Waals surface area contributed by atoms with Crippen molar-refractivity contribution in [1.29, 1.82) is 0 Å². The number of hydrogen-bond acceptors (Lipinski definition) is 1. The minimum atomic E-state index is -4.54. The summed E-state index contributed by atoms with van der Waals surface area (Å²) >= 11 is 5.79. The standard InChI is InChI=1S/C15H9ClF4O/c16-12-5-2-6-13(17)11(12)8-14(21)9-3-1-4-10(7-9)15(18,19)20/h1-7H,8H2. The van der Waals surface area contributed by atoms with Gasteiger partial charge in [0.2, 0.25) is 0 Å². The fraction of sp³-hybridized carbons (Fsp3) is 0.133. The molecule has 2 aromatic carbocycles. The van der Waals surface area contributed by atoms with Gasteiger partial charge < -0.3 is 0 Å². The van der Waals surface area contributed by atoms with Crippen molar-refractivity contribution in [2.45, 2.75) is 12.6 Å². The van der Waals surface area contributed by atoms with E-state index in [2.05, 4.69) is 0 Å². The predicted octanol–water partition coefficient (Wildman–Crippen LogP) is 4.92. The minimum absolute atomic E-state index is 0.0263. The van der Waals surface area contributed by atoms with Crippen molar-refractivity contribution in [2.24, 2.45) is 0 Å². The lowest BCUT2D eigenvalue weighted by Crippen LogP contribution is -2.09. The molecule has 0 heterocycles. The molecular formula is C15H9ClF4O. The van der Waals surface area contributed by atoms with Crippen molar-refractivity contribution in [2.75, 3.05) is 0 Å². The Hall–Kier alpha value is -1.88. The zero-order valence-electron chi connectivity index (χ0n) is 10.5. The molecule has 0 bridgehead atoms. The molecule has 0 radical (unpaired) electrons. The third-order valence-corrected chi connectivity index (χ3v) is 3.27. The zero-order chi connectivity index (χ0) is 15.6. The molecular weight excluding hydrogens is 308 g/mol. The van der Waals surface area contributed by atoms with Crippen LogP contribution in [0.2, 0.25) is 5.02 Å². The van der Waals surface area contributed by atoms with Gasteiger partial charge in [-0.1, -0.05) is 29.8 Å². The first-order valence-electron chi connectivity index (χ1n) is 5.92. The molecule has 0 unspecified atom stereocenters.